The average Bonchev–Trinajstić information content (AvgIpc) is 2.89. The van der Waals surface area contributed by atoms with E-state index in [-0.39, 0.29) is 36.5 Å². The van der Waals surface area contributed by atoms with Gasteiger partial charge < -0.3 is 20.2 Å². The van der Waals surface area contributed by atoms with E-state index in [2.05, 4.69) is 22.0 Å². The number of aryl methyl sites for hydroxylation is 3. The molecule has 0 aliphatic rings. The van der Waals surface area contributed by atoms with Crippen molar-refractivity contribution in [3.63, 3.8) is 0 Å². The molecule has 2 aromatic rings. The van der Waals surface area contributed by atoms with Crippen LogP contribution in [0.25, 0.3) is 0 Å². The summed E-state index contributed by atoms with van der Waals surface area (Å²) in [5.41, 5.74) is 9.54. The van der Waals surface area contributed by atoms with E-state index in [1.54, 1.807) is 13.0 Å². The van der Waals surface area contributed by atoms with Crippen molar-refractivity contribution in [2.75, 3.05) is 12.4 Å². The first-order valence-corrected chi connectivity index (χ1v) is 7.22. The van der Waals surface area contributed by atoms with Gasteiger partial charge in [-0.1, -0.05) is 6.07 Å². The highest BCUT2D eigenvalue weighted by Gasteiger charge is 2.14. The molecule has 0 aliphatic carbocycles. The van der Waals surface area contributed by atoms with Gasteiger partial charge in [-0.2, -0.15) is 0 Å². The lowest BCUT2D eigenvalue weighted by Gasteiger charge is -2.07. The van der Waals surface area contributed by atoms with E-state index in [0.717, 1.165) is 5.69 Å². The zero-order valence-corrected chi connectivity index (χ0v) is 16.5. The van der Waals surface area contributed by atoms with Gasteiger partial charge >= 0.3 is 5.97 Å². The number of esters is 1. The molecule has 0 bridgehead atoms. The predicted octanol–water partition coefficient (Wildman–Crippen LogP) is 3.54. The number of ether oxygens (including phenoxy) is 1. The molecule has 130 valence electrons. The topological polar surface area (TPSA) is 89.8 Å². The van der Waals surface area contributed by atoms with Crippen LogP contribution in [0, 0.1) is 20.8 Å². The van der Waals surface area contributed by atoms with Crippen LogP contribution in [-0.2, 0) is 11.3 Å². The molecule has 0 amide bonds. The minimum absolute atomic E-state index is 0. The molecule has 6 nitrogen and oxygen atoms in total. The second-order valence-corrected chi connectivity index (χ2v) is 5.30. The molecule has 0 saturated carbocycles. The molecule has 0 fully saturated rings. The van der Waals surface area contributed by atoms with Crippen molar-refractivity contribution in [1.29, 1.82) is 0 Å². The van der Waals surface area contributed by atoms with Crippen molar-refractivity contribution in [3.05, 3.63) is 52.5 Å². The maximum Gasteiger partial charge on any atom is 0.341 e. The number of nitrogens with zero attached hydrogens (tertiary/aromatic N) is 1. The number of carbonyl (C=O) groups excluding carboxylic acids is 1. The first-order chi connectivity index (χ1) is 10.9. The van der Waals surface area contributed by atoms with Gasteiger partial charge in [-0.05, 0) is 50.1 Å². The summed E-state index contributed by atoms with van der Waals surface area (Å²) in [5, 5.41) is 3.03. The van der Waals surface area contributed by atoms with Crippen molar-refractivity contribution in [1.82, 2.24) is 0 Å². The fraction of sp³-hybridized carbons (Fsp3) is 0.294. The molecule has 0 unspecified atom stereocenters. The molecule has 24 heavy (non-hydrogen) atoms. The number of aliphatic imine (C=N–C) groups is 1. The average molecular weight is 443 g/mol. The number of hydrogen-bond acceptors (Lipinski definition) is 4. The van der Waals surface area contributed by atoms with Crippen LogP contribution in [0.2, 0.25) is 0 Å². The van der Waals surface area contributed by atoms with Crippen molar-refractivity contribution < 1.29 is 13.9 Å². The van der Waals surface area contributed by atoms with E-state index in [4.69, 9.17) is 10.2 Å². The number of benzene rings is 1. The van der Waals surface area contributed by atoms with Crippen LogP contribution >= 0.6 is 24.0 Å². The summed E-state index contributed by atoms with van der Waals surface area (Å²) in [6.45, 7) is 6.03. The zero-order valence-electron chi connectivity index (χ0n) is 14.2. The quantitative estimate of drug-likeness (QED) is 0.327. The number of nitrogens with one attached hydrogen (secondary N) is 1. The van der Waals surface area contributed by atoms with E-state index in [1.807, 2.05) is 25.1 Å². The van der Waals surface area contributed by atoms with Gasteiger partial charge in [0.05, 0.1) is 7.11 Å². The first kappa shape index (κ1) is 20.0. The minimum atomic E-state index is -0.428. The second kappa shape index (κ2) is 8.72. The SMILES string of the molecule is COC(=O)c1cc(CN=C(N)Nc2ccc(C)c(C)c2)oc1C.I. The molecule has 3 N–H and O–H groups in total. The maximum absolute atomic E-state index is 11.5. The number of anilines is 1. The number of nitrogens with two attached hydrogens (primary N) is 1. The Hall–Kier alpha value is -2.03. The van der Waals surface area contributed by atoms with Crippen molar-refractivity contribution in [2.45, 2.75) is 27.3 Å². The smallest absolute Gasteiger partial charge is 0.341 e. The largest absolute Gasteiger partial charge is 0.465 e. The van der Waals surface area contributed by atoms with E-state index < -0.39 is 5.97 Å². The molecule has 1 aromatic heterocycles. The van der Waals surface area contributed by atoms with Crippen LogP contribution in [0.3, 0.4) is 0 Å². The molecule has 2 rings (SSSR count). The number of rotatable bonds is 4. The van der Waals surface area contributed by atoms with E-state index in [0.29, 0.717) is 17.1 Å². The third-order valence-electron chi connectivity index (χ3n) is 3.56. The van der Waals surface area contributed by atoms with Gasteiger partial charge in [-0.25, -0.2) is 9.79 Å². The third-order valence-corrected chi connectivity index (χ3v) is 3.56. The summed E-state index contributed by atoms with van der Waals surface area (Å²) < 4.78 is 10.2. The summed E-state index contributed by atoms with van der Waals surface area (Å²) in [6.07, 6.45) is 0. The van der Waals surface area contributed by atoms with Gasteiger partial charge in [0.2, 0.25) is 0 Å². The number of hydrogen-bond donors (Lipinski definition) is 2. The number of methoxy groups -OCH3 is 1. The lowest BCUT2D eigenvalue weighted by atomic mass is 10.1. The van der Waals surface area contributed by atoms with Crippen LogP contribution in [0.4, 0.5) is 5.69 Å². The number of furan rings is 1. The van der Waals surface area contributed by atoms with Crippen molar-refractivity contribution >= 4 is 41.6 Å². The van der Waals surface area contributed by atoms with Gasteiger partial charge in [0, 0.05) is 5.69 Å². The van der Waals surface area contributed by atoms with Gasteiger partial charge in [0.15, 0.2) is 5.96 Å². The Labute approximate surface area is 158 Å². The molecule has 0 saturated heterocycles. The summed E-state index contributed by atoms with van der Waals surface area (Å²) in [6, 6.07) is 7.58. The normalized spacial score (nSPS) is 10.9. The Morgan fingerprint density at radius 3 is 2.58 bits per heavy atom. The number of halogens is 1. The van der Waals surface area contributed by atoms with Gasteiger partial charge in [0.1, 0.15) is 23.6 Å². The monoisotopic (exact) mass is 443 g/mol. The van der Waals surface area contributed by atoms with E-state index in [1.165, 1.54) is 18.2 Å². The molecule has 1 heterocycles. The van der Waals surface area contributed by atoms with Crippen LogP contribution < -0.4 is 11.1 Å². The highest BCUT2D eigenvalue weighted by atomic mass is 127. The molecular formula is C17H22IN3O3. The predicted molar refractivity (Wildman–Crippen MR) is 105 cm³/mol. The minimum Gasteiger partial charge on any atom is -0.465 e. The lowest BCUT2D eigenvalue weighted by Crippen LogP contribution is -2.22. The van der Waals surface area contributed by atoms with Crippen LogP contribution in [0.5, 0.6) is 0 Å². The molecule has 0 atom stereocenters. The molecule has 7 heteroatoms. The summed E-state index contributed by atoms with van der Waals surface area (Å²) in [7, 11) is 1.33. The van der Waals surface area contributed by atoms with Crippen LogP contribution in [0.15, 0.2) is 33.7 Å². The summed E-state index contributed by atoms with van der Waals surface area (Å²) in [5.74, 6) is 0.903. The number of carbonyl (C=O) groups is 1. The fourth-order valence-electron chi connectivity index (χ4n) is 2.10. The van der Waals surface area contributed by atoms with Crippen molar-refractivity contribution in [2.24, 2.45) is 10.7 Å². The third kappa shape index (κ3) is 4.98. The Morgan fingerprint density at radius 2 is 1.96 bits per heavy atom. The van der Waals surface area contributed by atoms with Gasteiger partial charge in [-0.3, -0.25) is 0 Å². The van der Waals surface area contributed by atoms with Gasteiger partial charge in [0.25, 0.3) is 0 Å². The molecule has 0 spiro atoms. The zero-order chi connectivity index (χ0) is 17.0. The number of guanidine groups is 1. The summed E-state index contributed by atoms with van der Waals surface area (Å²) >= 11 is 0. The molecule has 0 aliphatic heterocycles. The Bertz CT molecular complexity index is 754. The standard InChI is InChI=1S/C17H21N3O3.HI/c1-10-5-6-13(7-11(10)2)20-17(18)19-9-14-8-15(12(3)23-14)16(21)22-4;/h5-8H,9H2,1-4H3,(H3,18,19,20);1H. The lowest BCUT2D eigenvalue weighted by molar-refractivity contribution is 0.0599. The highest BCUT2D eigenvalue weighted by molar-refractivity contribution is 14.0. The molecular weight excluding hydrogens is 421 g/mol. The fourth-order valence-corrected chi connectivity index (χ4v) is 2.10. The highest BCUT2D eigenvalue weighted by Crippen LogP contribution is 2.17. The van der Waals surface area contributed by atoms with Crippen LogP contribution in [0.1, 0.15) is 33.0 Å². The van der Waals surface area contributed by atoms with Gasteiger partial charge in [-0.15, -0.1) is 24.0 Å². The molecule has 0 radical (unpaired) electrons. The van der Waals surface area contributed by atoms with Crippen molar-refractivity contribution in [3.8, 4) is 0 Å². The van der Waals surface area contributed by atoms with Crippen LogP contribution in [-0.4, -0.2) is 19.0 Å². The first-order valence-electron chi connectivity index (χ1n) is 7.22. The summed E-state index contributed by atoms with van der Waals surface area (Å²) in [4.78, 5) is 15.8. The molecule has 1 aromatic carbocycles. The van der Waals surface area contributed by atoms with E-state index in [9.17, 15) is 4.79 Å². The second-order valence-electron chi connectivity index (χ2n) is 5.30. The Morgan fingerprint density at radius 1 is 1.25 bits per heavy atom. The Balaban J connectivity index is 0.00000288. The van der Waals surface area contributed by atoms with E-state index >= 15 is 0 Å². The maximum atomic E-state index is 11.5. The Kier molecular flexibility index (Phi) is 7.27.